The molecule has 0 aromatic heterocycles. The Balaban J connectivity index is 1.87. The van der Waals surface area contributed by atoms with Crippen molar-refractivity contribution in [2.45, 2.75) is 39.3 Å². The fraction of sp³-hybridized carbons (Fsp3) is 0.267. The van der Waals surface area contributed by atoms with E-state index in [4.69, 9.17) is 21.1 Å². The average molecular weight is 520 g/mol. The van der Waals surface area contributed by atoms with Crippen LogP contribution in [0, 0.1) is 0 Å². The molecule has 3 aromatic carbocycles. The molecule has 0 saturated carbocycles. The molecule has 3 aromatic rings. The van der Waals surface area contributed by atoms with Gasteiger partial charge in [0, 0.05) is 11.1 Å². The highest BCUT2D eigenvalue weighted by molar-refractivity contribution is 6.46. The number of aliphatic hydroxyl groups excluding tert-OH is 1. The van der Waals surface area contributed by atoms with Gasteiger partial charge in [0.2, 0.25) is 0 Å². The third kappa shape index (κ3) is 5.20. The maximum atomic E-state index is 13.4. The molecule has 192 valence electrons. The van der Waals surface area contributed by atoms with Crippen LogP contribution in [0.3, 0.4) is 0 Å². The zero-order chi connectivity index (χ0) is 26.7. The van der Waals surface area contributed by atoms with Crippen LogP contribution >= 0.6 is 11.6 Å². The second-order valence-electron chi connectivity index (χ2n) is 9.14. The second-order valence-corrected chi connectivity index (χ2v) is 9.55. The number of ether oxygens (including phenoxy) is 2. The maximum absolute atomic E-state index is 13.4. The highest BCUT2D eigenvalue weighted by Crippen LogP contribution is 2.42. The highest BCUT2D eigenvalue weighted by Gasteiger charge is 2.46. The first-order valence-electron chi connectivity index (χ1n) is 12.2. The van der Waals surface area contributed by atoms with Gasteiger partial charge in [-0.1, -0.05) is 67.9 Å². The van der Waals surface area contributed by atoms with Gasteiger partial charge in [-0.05, 0) is 48.2 Å². The molecule has 37 heavy (non-hydrogen) atoms. The minimum absolute atomic E-state index is 0.0157. The van der Waals surface area contributed by atoms with E-state index in [1.54, 1.807) is 31.4 Å². The van der Waals surface area contributed by atoms with Gasteiger partial charge in [0.1, 0.15) is 17.3 Å². The average Bonchev–Trinajstić information content (AvgIpc) is 3.15. The molecular formula is C30H30ClNO5. The van der Waals surface area contributed by atoms with Gasteiger partial charge in [-0.25, -0.2) is 0 Å². The topological polar surface area (TPSA) is 76.1 Å². The van der Waals surface area contributed by atoms with Crippen molar-refractivity contribution in [3.05, 3.63) is 99.6 Å². The molecule has 0 radical (unpaired) electrons. The Hall–Kier alpha value is -3.77. The number of benzene rings is 3. The number of para-hydroxylation sites is 1. The first-order chi connectivity index (χ1) is 17.8. The minimum atomic E-state index is -0.794. The lowest BCUT2D eigenvalue weighted by molar-refractivity contribution is -0.140. The summed E-state index contributed by atoms with van der Waals surface area (Å²) in [4.78, 5) is 28.3. The molecule has 1 N–H and O–H groups in total. The van der Waals surface area contributed by atoms with Gasteiger partial charge in [-0.3, -0.25) is 9.59 Å². The molecule has 4 rings (SSSR count). The molecule has 1 unspecified atom stereocenters. The number of carbonyl (C=O) groups excluding carboxylic acids is 2. The zero-order valence-electron chi connectivity index (χ0n) is 21.3. The summed E-state index contributed by atoms with van der Waals surface area (Å²) in [5.74, 6) is -0.411. The van der Waals surface area contributed by atoms with Gasteiger partial charge in [-0.2, -0.15) is 0 Å². The van der Waals surface area contributed by atoms with Crippen molar-refractivity contribution in [2.24, 2.45) is 0 Å². The standard InChI is InChI=1S/C30H30ClNO5/c1-5-37-25-16-21(14-15-23(25)31)28(33)26-27(20-12-10-19(11-13-20)18(2)3)32(30(35)29(26)34)17-22-8-6-7-9-24(22)36-4/h6-16,18,27,33H,5,17H2,1-4H3/b28-26-. The smallest absolute Gasteiger partial charge is 0.295 e. The molecule has 1 fully saturated rings. The number of carbonyl (C=O) groups is 2. The number of nitrogens with zero attached hydrogens (tertiary/aromatic N) is 1. The SMILES string of the molecule is CCOc1cc(/C(O)=C2/C(=O)C(=O)N(Cc3ccccc3OC)C2c2ccc(C(C)C)cc2)ccc1Cl. The van der Waals surface area contributed by atoms with Crippen LogP contribution in [0.2, 0.25) is 5.02 Å². The van der Waals surface area contributed by atoms with Crippen LogP contribution in [0.25, 0.3) is 5.76 Å². The van der Waals surface area contributed by atoms with Gasteiger partial charge < -0.3 is 19.5 Å². The van der Waals surface area contributed by atoms with E-state index in [0.29, 0.717) is 34.6 Å². The van der Waals surface area contributed by atoms with E-state index in [9.17, 15) is 14.7 Å². The Bertz CT molecular complexity index is 1350. The van der Waals surface area contributed by atoms with Crippen molar-refractivity contribution < 1.29 is 24.2 Å². The third-order valence-electron chi connectivity index (χ3n) is 6.50. The van der Waals surface area contributed by atoms with E-state index in [1.165, 1.54) is 4.90 Å². The number of methoxy groups -OCH3 is 1. The number of ketones is 1. The molecule has 1 atom stereocenters. The normalized spacial score (nSPS) is 16.9. The summed E-state index contributed by atoms with van der Waals surface area (Å²) >= 11 is 6.23. The van der Waals surface area contributed by atoms with Crippen LogP contribution in [0.5, 0.6) is 11.5 Å². The zero-order valence-corrected chi connectivity index (χ0v) is 22.1. The molecule has 0 spiro atoms. The van der Waals surface area contributed by atoms with Gasteiger partial charge in [-0.15, -0.1) is 0 Å². The predicted molar refractivity (Wildman–Crippen MR) is 144 cm³/mol. The number of hydrogen-bond donors (Lipinski definition) is 1. The van der Waals surface area contributed by atoms with E-state index in [1.807, 2.05) is 49.4 Å². The summed E-state index contributed by atoms with van der Waals surface area (Å²) in [6, 6.07) is 19.1. The first-order valence-corrected chi connectivity index (χ1v) is 12.6. The fourth-order valence-corrected chi connectivity index (χ4v) is 4.71. The number of Topliss-reactive ketones (excluding diaryl/α,β-unsaturated/α-hetero) is 1. The molecule has 6 nitrogen and oxygen atoms in total. The molecular weight excluding hydrogens is 490 g/mol. The second kappa shape index (κ2) is 11.1. The third-order valence-corrected chi connectivity index (χ3v) is 6.81. The number of amides is 1. The molecule has 1 saturated heterocycles. The van der Waals surface area contributed by atoms with E-state index in [-0.39, 0.29) is 17.9 Å². The summed E-state index contributed by atoms with van der Waals surface area (Å²) in [6.07, 6.45) is 0. The molecule has 1 aliphatic rings. The monoisotopic (exact) mass is 519 g/mol. The van der Waals surface area contributed by atoms with E-state index < -0.39 is 17.7 Å². The van der Waals surface area contributed by atoms with Crippen LogP contribution in [0.1, 0.15) is 55.0 Å². The van der Waals surface area contributed by atoms with E-state index >= 15 is 0 Å². The summed E-state index contributed by atoms with van der Waals surface area (Å²) in [7, 11) is 1.56. The van der Waals surface area contributed by atoms with Crippen LogP contribution < -0.4 is 9.47 Å². The van der Waals surface area contributed by atoms with E-state index in [0.717, 1.165) is 16.7 Å². The Kier molecular flexibility index (Phi) is 7.89. The molecule has 0 aliphatic carbocycles. The van der Waals surface area contributed by atoms with Crippen molar-refractivity contribution >= 4 is 29.1 Å². The molecule has 1 heterocycles. The molecule has 1 aliphatic heterocycles. The fourth-order valence-electron chi connectivity index (χ4n) is 4.54. The number of rotatable bonds is 8. The summed E-state index contributed by atoms with van der Waals surface area (Å²) in [6.45, 7) is 6.54. The predicted octanol–water partition coefficient (Wildman–Crippen LogP) is 6.49. The Morgan fingerprint density at radius 3 is 2.38 bits per heavy atom. The lowest BCUT2D eigenvalue weighted by Gasteiger charge is -2.26. The first kappa shape index (κ1) is 26.3. The van der Waals surface area contributed by atoms with Gasteiger partial charge in [0.05, 0.1) is 36.9 Å². The maximum Gasteiger partial charge on any atom is 0.295 e. The molecule has 7 heteroatoms. The highest BCUT2D eigenvalue weighted by atomic mass is 35.5. The lowest BCUT2D eigenvalue weighted by Crippen LogP contribution is -2.29. The number of halogens is 1. The summed E-state index contributed by atoms with van der Waals surface area (Å²) in [5, 5.41) is 11.8. The van der Waals surface area contributed by atoms with Gasteiger partial charge in [0.25, 0.3) is 11.7 Å². The lowest BCUT2D eigenvalue weighted by atomic mass is 9.93. The number of hydrogen-bond acceptors (Lipinski definition) is 5. The number of likely N-dealkylation sites (tertiary alicyclic amines) is 1. The van der Waals surface area contributed by atoms with Crippen molar-refractivity contribution in [3.8, 4) is 11.5 Å². The Morgan fingerprint density at radius 2 is 1.73 bits per heavy atom. The largest absolute Gasteiger partial charge is 0.507 e. The van der Waals surface area contributed by atoms with Crippen molar-refractivity contribution in [1.82, 2.24) is 4.90 Å². The molecule has 1 amide bonds. The van der Waals surface area contributed by atoms with Gasteiger partial charge in [0.15, 0.2) is 0 Å². The Morgan fingerprint density at radius 1 is 1.03 bits per heavy atom. The van der Waals surface area contributed by atoms with Crippen LogP contribution in [-0.2, 0) is 16.1 Å². The number of aliphatic hydroxyl groups is 1. The van der Waals surface area contributed by atoms with Crippen LogP contribution in [-0.4, -0.2) is 35.4 Å². The van der Waals surface area contributed by atoms with Crippen molar-refractivity contribution in [3.63, 3.8) is 0 Å². The molecule has 0 bridgehead atoms. The quantitative estimate of drug-likeness (QED) is 0.209. The van der Waals surface area contributed by atoms with E-state index in [2.05, 4.69) is 13.8 Å². The van der Waals surface area contributed by atoms with Crippen LogP contribution in [0.4, 0.5) is 0 Å². The summed E-state index contributed by atoms with van der Waals surface area (Å²) < 4.78 is 11.0. The van der Waals surface area contributed by atoms with Gasteiger partial charge >= 0.3 is 0 Å². The Labute approximate surface area is 222 Å². The van der Waals surface area contributed by atoms with Crippen molar-refractivity contribution in [1.29, 1.82) is 0 Å². The van der Waals surface area contributed by atoms with Crippen molar-refractivity contribution in [2.75, 3.05) is 13.7 Å². The minimum Gasteiger partial charge on any atom is -0.507 e. The summed E-state index contributed by atoms with van der Waals surface area (Å²) in [5.41, 5.74) is 2.96. The van der Waals surface area contributed by atoms with Crippen LogP contribution in [0.15, 0.2) is 72.3 Å².